The van der Waals surface area contributed by atoms with Gasteiger partial charge in [0.1, 0.15) is 0 Å². The Morgan fingerprint density at radius 1 is 0.714 bits per heavy atom. The molecule has 0 spiro atoms. The number of anilines is 3. The number of rotatable bonds is 0. The molecule has 132 valence electrons. The molecule has 28 heavy (non-hydrogen) atoms. The highest BCUT2D eigenvalue weighted by atomic mass is 15.2. The summed E-state index contributed by atoms with van der Waals surface area (Å²) in [6.07, 6.45) is 8.72. The van der Waals surface area contributed by atoms with E-state index in [1.165, 1.54) is 61.7 Å². The van der Waals surface area contributed by atoms with E-state index in [0.29, 0.717) is 0 Å². The van der Waals surface area contributed by atoms with Gasteiger partial charge in [0.15, 0.2) is 0 Å². The smallest absolute Gasteiger partial charge is 0.0716 e. The van der Waals surface area contributed by atoms with Crippen LogP contribution in [-0.2, 0) is 19.3 Å². The fraction of sp³-hybridized carbons (Fsp3) is 0.120. The van der Waals surface area contributed by atoms with Crippen LogP contribution in [0, 0.1) is 0 Å². The van der Waals surface area contributed by atoms with Crippen molar-refractivity contribution < 1.29 is 0 Å². The zero-order valence-electron chi connectivity index (χ0n) is 15.3. The van der Waals surface area contributed by atoms with Gasteiger partial charge in [-0.05, 0) is 63.6 Å². The van der Waals surface area contributed by atoms with Crippen LogP contribution in [0.25, 0.3) is 11.1 Å². The zero-order valence-corrected chi connectivity index (χ0v) is 15.3. The number of pyridine rings is 2. The van der Waals surface area contributed by atoms with E-state index in [4.69, 9.17) is 4.98 Å². The predicted molar refractivity (Wildman–Crippen MR) is 111 cm³/mol. The van der Waals surface area contributed by atoms with Crippen molar-refractivity contribution in [3.05, 3.63) is 101 Å². The van der Waals surface area contributed by atoms with Gasteiger partial charge in [-0.25, -0.2) is 0 Å². The van der Waals surface area contributed by atoms with Gasteiger partial charge >= 0.3 is 0 Å². The molecule has 0 unspecified atom stereocenters. The third-order valence-corrected chi connectivity index (χ3v) is 6.43. The summed E-state index contributed by atoms with van der Waals surface area (Å²) in [5.41, 5.74) is 14.7. The molecule has 0 saturated carbocycles. The number of hydrogen-bond donors (Lipinski definition) is 0. The van der Waals surface area contributed by atoms with Crippen LogP contribution in [0.2, 0.25) is 0 Å². The van der Waals surface area contributed by atoms with Crippen LogP contribution in [0.15, 0.2) is 67.1 Å². The maximum Gasteiger partial charge on any atom is 0.0716 e. The number of benzene rings is 2. The summed E-state index contributed by atoms with van der Waals surface area (Å²) in [5.74, 6) is 0. The van der Waals surface area contributed by atoms with Gasteiger partial charge in [0.25, 0.3) is 0 Å². The van der Waals surface area contributed by atoms with Crippen molar-refractivity contribution in [1.29, 1.82) is 0 Å². The van der Waals surface area contributed by atoms with Gasteiger partial charge in [0, 0.05) is 31.4 Å². The van der Waals surface area contributed by atoms with Gasteiger partial charge < -0.3 is 4.90 Å². The van der Waals surface area contributed by atoms with E-state index in [0.717, 1.165) is 19.3 Å². The molecule has 0 amide bonds. The Morgan fingerprint density at radius 2 is 1.64 bits per heavy atom. The van der Waals surface area contributed by atoms with Crippen molar-refractivity contribution in [3.8, 4) is 11.1 Å². The SMILES string of the molecule is c1ccc2c(c1)Cc1ccc3c(c1-2)Cc1nccc2c1N3c1ccncc1C2. The van der Waals surface area contributed by atoms with Crippen LogP contribution >= 0.6 is 0 Å². The highest BCUT2D eigenvalue weighted by Crippen LogP contribution is 2.53. The van der Waals surface area contributed by atoms with Crippen molar-refractivity contribution in [2.75, 3.05) is 4.90 Å². The standard InChI is InChI=1S/C25H17N3/c1-2-4-19-15(3-1)11-16-5-6-23-20(24(16)19)13-21-25-17(7-10-27-21)12-18-14-26-9-8-22(18)28(23)25/h1-10,14H,11-13H2. The molecule has 2 aromatic carbocycles. The number of aromatic nitrogens is 2. The third kappa shape index (κ3) is 1.74. The highest BCUT2D eigenvalue weighted by Gasteiger charge is 2.35. The van der Waals surface area contributed by atoms with Gasteiger partial charge in [0.05, 0.1) is 22.8 Å². The van der Waals surface area contributed by atoms with Crippen LogP contribution in [0.3, 0.4) is 0 Å². The molecule has 0 N–H and O–H groups in total. The molecule has 2 aromatic heterocycles. The van der Waals surface area contributed by atoms with Gasteiger partial charge in [0.2, 0.25) is 0 Å². The molecule has 0 saturated heterocycles. The molecule has 2 aliphatic heterocycles. The van der Waals surface area contributed by atoms with Crippen molar-refractivity contribution in [1.82, 2.24) is 9.97 Å². The minimum Gasteiger partial charge on any atom is -0.308 e. The van der Waals surface area contributed by atoms with E-state index in [2.05, 4.69) is 58.4 Å². The maximum atomic E-state index is 4.81. The minimum atomic E-state index is 0.896. The highest BCUT2D eigenvalue weighted by molar-refractivity contribution is 5.93. The first kappa shape index (κ1) is 14.6. The molecular formula is C25H17N3. The second-order valence-corrected chi connectivity index (χ2v) is 7.89. The quantitative estimate of drug-likeness (QED) is 0.367. The molecule has 3 nitrogen and oxygen atoms in total. The Hall–Kier alpha value is -3.46. The Balaban J connectivity index is 1.56. The molecule has 0 bridgehead atoms. The van der Waals surface area contributed by atoms with Gasteiger partial charge in [-0.1, -0.05) is 30.3 Å². The second kappa shape index (κ2) is 5.08. The summed E-state index contributed by atoms with van der Waals surface area (Å²) >= 11 is 0. The number of fused-ring (bicyclic) bond motifs is 8. The van der Waals surface area contributed by atoms with Crippen molar-refractivity contribution in [3.63, 3.8) is 0 Å². The average Bonchev–Trinajstić information content (AvgIpc) is 3.12. The van der Waals surface area contributed by atoms with Gasteiger partial charge in [-0.2, -0.15) is 0 Å². The van der Waals surface area contributed by atoms with Crippen LogP contribution < -0.4 is 4.90 Å². The van der Waals surface area contributed by atoms with Crippen molar-refractivity contribution >= 4 is 17.1 Å². The lowest BCUT2D eigenvalue weighted by Crippen LogP contribution is -2.25. The summed E-state index contributed by atoms with van der Waals surface area (Å²) in [5, 5.41) is 0. The lowest BCUT2D eigenvalue weighted by Gasteiger charge is -2.39. The largest absolute Gasteiger partial charge is 0.308 e. The Kier molecular flexibility index (Phi) is 2.64. The first-order valence-corrected chi connectivity index (χ1v) is 9.81. The molecule has 0 fully saturated rings. The fourth-order valence-corrected chi connectivity index (χ4v) is 5.28. The van der Waals surface area contributed by atoms with E-state index in [1.807, 2.05) is 18.6 Å². The second-order valence-electron chi connectivity index (χ2n) is 7.89. The van der Waals surface area contributed by atoms with E-state index >= 15 is 0 Å². The van der Waals surface area contributed by atoms with Gasteiger partial charge in [-0.15, -0.1) is 0 Å². The first-order valence-electron chi connectivity index (χ1n) is 9.81. The van der Waals surface area contributed by atoms with Crippen LogP contribution in [0.1, 0.15) is 33.5 Å². The van der Waals surface area contributed by atoms with Gasteiger partial charge in [-0.3, -0.25) is 9.97 Å². The Morgan fingerprint density at radius 3 is 2.64 bits per heavy atom. The molecule has 1 aliphatic carbocycles. The topological polar surface area (TPSA) is 29.0 Å². The molecule has 0 atom stereocenters. The minimum absolute atomic E-state index is 0.896. The summed E-state index contributed by atoms with van der Waals surface area (Å²) < 4.78 is 0. The van der Waals surface area contributed by atoms with Crippen molar-refractivity contribution in [2.24, 2.45) is 0 Å². The average molecular weight is 359 g/mol. The number of nitrogens with zero attached hydrogens (tertiary/aromatic N) is 3. The van der Waals surface area contributed by atoms with E-state index in [9.17, 15) is 0 Å². The fourth-order valence-electron chi connectivity index (χ4n) is 5.28. The van der Waals surface area contributed by atoms with E-state index in [-0.39, 0.29) is 0 Å². The Bertz CT molecular complexity index is 1310. The van der Waals surface area contributed by atoms with E-state index < -0.39 is 0 Å². The number of hydrogen-bond acceptors (Lipinski definition) is 3. The van der Waals surface area contributed by atoms with Crippen LogP contribution in [0.4, 0.5) is 17.1 Å². The first-order chi connectivity index (χ1) is 13.9. The summed E-state index contributed by atoms with van der Waals surface area (Å²) in [4.78, 5) is 11.6. The summed E-state index contributed by atoms with van der Waals surface area (Å²) in [6, 6.07) is 17.8. The predicted octanol–water partition coefficient (Wildman–Crippen LogP) is 5.33. The van der Waals surface area contributed by atoms with Crippen molar-refractivity contribution in [2.45, 2.75) is 19.3 Å². The zero-order chi connectivity index (χ0) is 18.2. The lowest BCUT2D eigenvalue weighted by atomic mass is 9.86. The summed E-state index contributed by atoms with van der Waals surface area (Å²) in [6.45, 7) is 0. The monoisotopic (exact) mass is 359 g/mol. The normalized spacial score (nSPS) is 14.6. The molecule has 7 rings (SSSR count). The summed E-state index contributed by atoms with van der Waals surface area (Å²) in [7, 11) is 0. The molecule has 3 aliphatic rings. The molecule has 0 radical (unpaired) electrons. The third-order valence-electron chi connectivity index (χ3n) is 6.43. The lowest BCUT2D eigenvalue weighted by molar-refractivity contribution is 0.954. The maximum absolute atomic E-state index is 4.81. The van der Waals surface area contributed by atoms with Crippen LogP contribution in [0.5, 0.6) is 0 Å². The molecule has 4 heterocycles. The Labute approximate surface area is 163 Å². The molecule has 4 aromatic rings. The molecule has 3 heteroatoms. The van der Waals surface area contributed by atoms with E-state index in [1.54, 1.807) is 0 Å². The van der Waals surface area contributed by atoms with Crippen LogP contribution in [-0.4, -0.2) is 9.97 Å². The molecular weight excluding hydrogens is 342 g/mol.